The van der Waals surface area contributed by atoms with Crippen LogP contribution < -0.4 is 4.74 Å². The number of pyridine rings is 1. The van der Waals surface area contributed by atoms with Crippen LogP contribution >= 0.6 is 11.3 Å². The maximum atomic E-state index is 5.55. The standard InChI is InChI=1S/C22H27N7OS/c1-12(2)18-19(13-8-16(30-5)21-23-11-24-29(21)10-13)26-27-20(18)22-25-15-7-6-14(28(3)4)9-17(15)31-22/h8,10-12,14H,6-7,9H2,1-5H3,(H,26,27). The minimum atomic E-state index is 0.275. The van der Waals surface area contributed by atoms with Crippen molar-refractivity contribution in [2.45, 2.75) is 45.1 Å². The number of aryl methyl sites for hydroxylation is 1. The van der Waals surface area contributed by atoms with Crippen molar-refractivity contribution in [2.75, 3.05) is 21.2 Å². The number of thiazole rings is 1. The second-order valence-corrected chi connectivity index (χ2v) is 9.67. The highest BCUT2D eigenvalue weighted by molar-refractivity contribution is 7.15. The summed E-state index contributed by atoms with van der Waals surface area (Å²) in [5.41, 5.74) is 5.98. The smallest absolute Gasteiger partial charge is 0.197 e. The molecule has 0 saturated carbocycles. The molecule has 1 aliphatic rings. The summed E-state index contributed by atoms with van der Waals surface area (Å²) >= 11 is 1.79. The Balaban J connectivity index is 1.59. The minimum Gasteiger partial charge on any atom is -0.493 e. The van der Waals surface area contributed by atoms with E-state index in [1.807, 2.05) is 12.3 Å². The van der Waals surface area contributed by atoms with Crippen LogP contribution in [0.15, 0.2) is 18.6 Å². The van der Waals surface area contributed by atoms with Gasteiger partial charge in [-0.2, -0.15) is 10.2 Å². The van der Waals surface area contributed by atoms with Gasteiger partial charge in [-0.1, -0.05) is 13.8 Å². The fourth-order valence-electron chi connectivity index (χ4n) is 4.38. The van der Waals surface area contributed by atoms with E-state index in [1.165, 1.54) is 16.9 Å². The zero-order valence-electron chi connectivity index (χ0n) is 18.5. The van der Waals surface area contributed by atoms with Crippen LogP contribution in [-0.4, -0.2) is 61.9 Å². The van der Waals surface area contributed by atoms with Gasteiger partial charge < -0.3 is 9.64 Å². The average Bonchev–Trinajstić information content (AvgIpc) is 3.48. The number of fused-ring (bicyclic) bond motifs is 2. The molecule has 4 aromatic heterocycles. The summed E-state index contributed by atoms with van der Waals surface area (Å²) in [5, 5.41) is 13.3. The number of aromatic nitrogens is 6. The Morgan fingerprint density at radius 2 is 2.16 bits per heavy atom. The number of methoxy groups -OCH3 is 1. The van der Waals surface area contributed by atoms with E-state index in [9.17, 15) is 0 Å². The number of nitrogens with one attached hydrogen (secondary N) is 1. The Labute approximate surface area is 185 Å². The van der Waals surface area contributed by atoms with Crippen LogP contribution in [0.25, 0.3) is 27.6 Å². The Kier molecular flexibility index (Phi) is 5.02. The van der Waals surface area contributed by atoms with E-state index in [2.05, 4.69) is 48.0 Å². The molecular weight excluding hydrogens is 410 g/mol. The van der Waals surface area contributed by atoms with Crippen molar-refractivity contribution < 1.29 is 4.74 Å². The summed E-state index contributed by atoms with van der Waals surface area (Å²) in [6.45, 7) is 4.39. The normalized spacial score (nSPS) is 16.4. The Hall–Kier alpha value is -2.78. The molecule has 0 aromatic carbocycles. The minimum absolute atomic E-state index is 0.275. The van der Waals surface area contributed by atoms with Gasteiger partial charge in [-0.25, -0.2) is 14.5 Å². The second-order valence-electron chi connectivity index (χ2n) is 8.59. The molecule has 9 heteroatoms. The van der Waals surface area contributed by atoms with Gasteiger partial charge in [0.15, 0.2) is 11.4 Å². The molecule has 1 unspecified atom stereocenters. The lowest BCUT2D eigenvalue weighted by molar-refractivity contribution is 0.269. The van der Waals surface area contributed by atoms with E-state index < -0.39 is 0 Å². The van der Waals surface area contributed by atoms with Gasteiger partial charge in [0.1, 0.15) is 17.0 Å². The van der Waals surface area contributed by atoms with Crippen molar-refractivity contribution in [1.29, 1.82) is 0 Å². The Bertz CT molecular complexity index is 1240. The third-order valence-electron chi connectivity index (χ3n) is 6.08. The highest BCUT2D eigenvalue weighted by Crippen LogP contribution is 2.40. The lowest BCUT2D eigenvalue weighted by Gasteiger charge is -2.27. The Morgan fingerprint density at radius 3 is 2.90 bits per heavy atom. The maximum absolute atomic E-state index is 5.55. The molecule has 1 N–H and O–H groups in total. The highest BCUT2D eigenvalue weighted by Gasteiger charge is 2.27. The fourth-order valence-corrected chi connectivity index (χ4v) is 5.56. The molecule has 0 radical (unpaired) electrons. The van der Waals surface area contributed by atoms with E-state index in [0.717, 1.165) is 46.8 Å². The first-order chi connectivity index (χ1) is 15.0. The highest BCUT2D eigenvalue weighted by atomic mass is 32.1. The van der Waals surface area contributed by atoms with Gasteiger partial charge in [-0.3, -0.25) is 5.10 Å². The van der Waals surface area contributed by atoms with E-state index in [0.29, 0.717) is 17.4 Å². The third kappa shape index (κ3) is 3.41. The molecule has 4 heterocycles. The van der Waals surface area contributed by atoms with Crippen molar-refractivity contribution in [3.8, 4) is 27.7 Å². The summed E-state index contributed by atoms with van der Waals surface area (Å²) in [7, 11) is 5.97. The molecular formula is C22H27N7OS. The summed E-state index contributed by atoms with van der Waals surface area (Å²) < 4.78 is 7.29. The molecule has 0 amide bonds. The zero-order chi connectivity index (χ0) is 21.7. The van der Waals surface area contributed by atoms with Gasteiger partial charge in [0.05, 0.1) is 18.5 Å². The van der Waals surface area contributed by atoms with E-state index in [1.54, 1.807) is 23.0 Å². The monoisotopic (exact) mass is 437 g/mol. The van der Waals surface area contributed by atoms with Gasteiger partial charge in [0.2, 0.25) is 0 Å². The fraction of sp³-hybridized carbons (Fsp3) is 0.455. The number of aromatic amines is 1. The van der Waals surface area contributed by atoms with E-state index >= 15 is 0 Å². The van der Waals surface area contributed by atoms with Crippen LogP contribution in [-0.2, 0) is 12.8 Å². The molecule has 4 aromatic rings. The van der Waals surface area contributed by atoms with Crippen molar-refractivity contribution in [2.24, 2.45) is 0 Å². The van der Waals surface area contributed by atoms with Crippen molar-refractivity contribution in [1.82, 2.24) is 34.7 Å². The van der Waals surface area contributed by atoms with Gasteiger partial charge in [-0.15, -0.1) is 11.3 Å². The van der Waals surface area contributed by atoms with Crippen LogP contribution in [0.2, 0.25) is 0 Å². The summed E-state index contributed by atoms with van der Waals surface area (Å²) in [6.07, 6.45) is 6.74. The van der Waals surface area contributed by atoms with Gasteiger partial charge in [-0.05, 0) is 45.3 Å². The van der Waals surface area contributed by atoms with Gasteiger partial charge in [0.25, 0.3) is 0 Å². The first-order valence-corrected chi connectivity index (χ1v) is 11.4. The van der Waals surface area contributed by atoms with Crippen LogP contribution in [0.5, 0.6) is 5.75 Å². The molecule has 1 aliphatic carbocycles. The lowest BCUT2D eigenvalue weighted by atomic mass is 9.96. The predicted molar refractivity (Wildman–Crippen MR) is 122 cm³/mol. The topological polar surface area (TPSA) is 84.2 Å². The van der Waals surface area contributed by atoms with E-state index in [-0.39, 0.29) is 5.92 Å². The predicted octanol–water partition coefficient (Wildman–Crippen LogP) is 3.79. The summed E-state index contributed by atoms with van der Waals surface area (Å²) in [6, 6.07) is 2.57. The van der Waals surface area contributed by atoms with Crippen LogP contribution in [0.4, 0.5) is 0 Å². The van der Waals surface area contributed by atoms with Crippen molar-refractivity contribution >= 4 is 17.0 Å². The van der Waals surface area contributed by atoms with Crippen LogP contribution in [0.1, 0.15) is 42.3 Å². The first kappa shape index (κ1) is 20.1. The SMILES string of the molecule is COc1cc(-c2[nH]nc(-c3nc4c(s3)CC(N(C)C)CC4)c2C(C)C)cn2ncnc12. The molecule has 5 rings (SSSR count). The number of hydrogen-bond donors (Lipinski definition) is 1. The van der Waals surface area contributed by atoms with E-state index in [4.69, 9.17) is 14.8 Å². The number of ether oxygens (including phenoxy) is 1. The van der Waals surface area contributed by atoms with Crippen LogP contribution in [0.3, 0.4) is 0 Å². The Morgan fingerprint density at radius 1 is 1.32 bits per heavy atom. The molecule has 1 atom stereocenters. The quantitative estimate of drug-likeness (QED) is 0.511. The first-order valence-electron chi connectivity index (χ1n) is 10.6. The van der Waals surface area contributed by atoms with Gasteiger partial charge >= 0.3 is 0 Å². The molecule has 0 saturated heterocycles. The summed E-state index contributed by atoms with van der Waals surface area (Å²) in [4.78, 5) is 13.0. The van der Waals surface area contributed by atoms with Gasteiger partial charge in [0, 0.05) is 28.2 Å². The van der Waals surface area contributed by atoms with Crippen molar-refractivity contribution in [3.05, 3.63) is 34.7 Å². The number of H-pyrrole nitrogens is 1. The third-order valence-corrected chi connectivity index (χ3v) is 7.20. The average molecular weight is 438 g/mol. The molecule has 31 heavy (non-hydrogen) atoms. The number of hydrogen-bond acceptors (Lipinski definition) is 7. The molecule has 0 spiro atoms. The number of nitrogens with zero attached hydrogens (tertiary/aromatic N) is 6. The lowest BCUT2D eigenvalue weighted by Crippen LogP contribution is -2.32. The molecule has 162 valence electrons. The largest absolute Gasteiger partial charge is 0.493 e. The molecule has 0 fully saturated rings. The zero-order valence-corrected chi connectivity index (χ0v) is 19.3. The van der Waals surface area contributed by atoms with Crippen LogP contribution in [0, 0.1) is 0 Å². The molecule has 0 bridgehead atoms. The number of likely N-dealkylation sites (N-methyl/N-ethyl adjacent to an activating group) is 1. The second kappa shape index (κ2) is 7.72. The molecule has 8 nitrogen and oxygen atoms in total. The van der Waals surface area contributed by atoms with Crippen molar-refractivity contribution in [3.63, 3.8) is 0 Å². The maximum Gasteiger partial charge on any atom is 0.197 e. The molecule has 0 aliphatic heterocycles. The summed E-state index contributed by atoms with van der Waals surface area (Å²) in [5.74, 6) is 0.955. The number of rotatable bonds is 5.